The molecule has 52 heavy (non-hydrogen) atoms. The summed E-state index contributed by atoms with van der Waals surface area (Å²) in [6.07, 6.45) is 0.0439. The topological polar surface area (TPSA) is 118 Å². The quantitative estimate of drug-likeness (QED) is 0.0657. The Kier molecular flexibility index (Phi) is 12.2. The van der Waals surface area contributed by atoms with Crippen molar-refractivity contribution in [3.05, 3.63) is 75.6 Å². The number of rotatable bonds is 13. The minimum absolute atomic E-state index is 0.0249. The molecule has 2 aromatic carbocycles. The lowest BCUT2D eigenvalue weighted by molar-refractivity contribution is -0.189. The van der Waals surface area contributed by atoms with Crippen LogP contribution in [0.5, 0.6) is 5.75 Å². The zero-order valence-corrected chi connectivity index (χ0v) is 29.2. The maximum absolute atomic E-state index is 15.2. The number of aryl methyl sites for hydroxylation is 1. The summed E-state index contributed by atoms with van der Waals surface area (Å²) in [4.78, 5) is 50.6. The second kappa shape index (κ2) is 16.6. The molecule has 5 rings (SSSR count). The number of fused-ring (bicyclic) bond motifs is 1. The summed E-state index contributed by atoms with van der Waals surface area (Å²) in [5, 5.41) is 5.81. The van der Waals surface area contributed by atoms with Crippen LogP contribution in [-0.4, -0.2) is 70.2 Å². The molecule has 0 aliphatic heterocycles. The van der Waals surface area contributed by atoms with Crippen LogP contribution < -0.4 is 20.9 Å². The molecular formula is C37H41F5N6O4. The number of pyridine rings is 1. The average molecular weight is 729 g/mol. The second-order valence-corrected chi connectivity index (χ2v) is 12.8. The molecule has 10 nitrogen and oxygen atoms in total. The number of anilines is 1. The van der Waals surface area contributed by atoms with Crippen molar-refractivity contribution in [3.8, 4) is 22.7 Å². The lowest BCUT2D eigenvalue weighted by Crippen LogP contribution is -2.32. The highest BCUT2D eigenvalue weighted by molar-refractivity contribution is 6.03. The zero-order valence-electron chi connectivity index (χ0n) is 29.2. The Morgan fingerprint density at radius 3 is 2.33 bits per heavy atom. The number of aromatic nitrogens is 3. The minimum atomic E-state index is -5.43. The highest BCUT2D eigenvalue weighted by Crippen LogP contribution is 2.40. The smallest absolute Gasteiger partial charge is 0.418 e. The molecule has 0 bridgehead atoms. The number of amides is 1. The van der Waals surface area contributed by atoms with Gasteiger partial charge >= 0.3 is 12.1 Å². The number of carbonyl (C=O) groups is 2. The van der Waals surface area contributed by atoms with E-state index >= 15 is 8.78 Å². The number of hydrogen-bond acceptors (Lipinski definition) is 8. The molecule has 0 unspecified atom stereocenters. The van der Waals surface area contributed by atoms with Crippen molar-refractivity contribution in [1.29, 1.82) is 0 Å². The number of hydrogen-bond donors (Lipinski definition) is 2. The first kappa shape index (κ1) is 38.3. The molecule has 1 amide bonds. The molecule has 1 aliphatic carbocycles. The highest BCUT2D eigenvalue weighted by Gasteiger charge is 2.43. The van der Waals surface area contributed by atoms with Gasteiger partial charge in [0.25, 0.3) is 11.5 Å². The van der Waals surface area contributed by atoms with Crippen molar-refractivity contribution >= 4 is 28.9 Å². The summed E-state index contributed by atoms with van der Waals surface area (Å²) in [7, 11) is 0. The molecule has 2 aromatic heterocycles. The lowest BCUT2D eigenvalue weighted by atomic mass is 9.89. The van der Waals surface area contributed by atoms with Gasteiger partial charge in [-0.05, 0) is 81.6 Å². The fourth-order valence-electron chi connectivity index (χ4n) is 6.48. The van der Waals surface area contributed by atoms with E-state index < -0.39 is 46.7 Å². The first-order valence-corrected chi connectivity index (χ1v) is 17.4. The third-order valence-electron chi connectivity index (χ3n) is 9.29. The van der Waals surface area contributed by atoms with Crippen molar-refractivity contribution in [3.63, 3.8) is 0 Å². The number of esters is 1. The van der Waals surface area contributed by atoms with Crippen LogP contribution in [-0.2, 0) is 4.79 Å². The predicted octanol–water partition coefficient (Wildman–Crippen LogP) is 6.96. The third-order valence-corrected chi connectivity index (χ3v) is 9.29. The number of alkyl halides is 3. The van der Waals surface area contributed by atoms with Crippen LogP contribution in [0.3, 0.4) is 0 Å². The molecule has 1 saturated carbocycles. The summed E-state index contributed by atoms with van der Waals surface area (Å²) in [6.45, 7) is 8.48. The fraction of sp³-hybridized carbons (Fsp3) is 0.432. The fourth-order valence-corrected chi connectivity index (χ4v) is 6.48. The number of nitrogens with zero attached hydrogens (tertiary/aromatic N) is 4. The largest absolute Gasteiger partial charge is 0.491 e. The molecule has 15 heteroatoms. The number of carbonyl (C=O) groups excluding carboxylic acids is 2. The van der Waals surface area contributed by atoms with Gasteiger partial charge in [0.1, 0.15) is 17.3 Å². The van der Waals surface area contributed by atoms with Gasteiger partial charge in [-0.2, -0.15) is 18.2 Å². The molecular weight excluding hydrogens is 687 g/mol. The number of para-hydroxylation sites is 1. The van der Waals surface area contributed by atoms with Crippen molar-refractivity contribution in [2.24, 2.45) is 5.92 Å². The maximum atomic E-state index is 15.2. The SMILES string of the molecule is CCN(CC)CCCNc1nc(-c2c(C)ccc(C(=O)NCC3CCCCC3)c2OC(=O)C(F)(F)F)c2ccc(=O)n(-c3c(F)cccc3F)c2n1. The molecule has 2 N–H and O–H groups in total. The van der Waals surface area contributed by atoms with Crippen LogP contribution in [0.15, 0.2) is 47.3 Å². The van der Waals surface area contributed by atoms with Crippen LogP contribution in [0.2, 0.25) is 0 Å². The van der Waals surface area contributed by atoms with Gasteiger partial charge in [0.2, 0.25) is 5.95 Å². The molecule has 0 radical (unpaired) electrons. The van der Waals surface area contributed by atoms with E-state index in [1.165, 1.54) is 25.1 Å². The second-order valence-electron chi connectivity index (χ2n) is 12.8. The first-order valence-electron chi connectivity index (χ1n) is 17.4. The van der Waals surface area contributed by atoms with Crippen molar-refractivity contribution < 1.29 is 36.3 Å². The molecule has 2 heterocycles. The van der Waals surface area contributed by atoms with Gasteiger partial charge in [0.05, 0.1) is 11.3 Å². The standard InChI is InChI=1S/C37H41F5N6O4/c1-4-47(5-2)20-10-19-43-36-45-30(24-17-18-28(49)48(33(24)46-36)31-26(38)13-9-14-27(31)39)29-22(3)15-16-25(32(29)52-35(51)37(40,41)42)34(50)44-21-23-11-7-6-8-12-23/h9,13-18,23H,4-8,10-12,19-21H2,1-3H3,(H,44,50)(H,43,45,46). The number of halogens is 5. The van der Waals surface area contributed by atoms with Crippen molar-refractivity contribution in [1.82, 2.24) is 24.8 Å². The van der Waals surface area contributed by atoms with Gasteiger partial charge < -0.3 is 20.3 Å². The van der Waals surface area contributed by atoms with E-state index in [0.717, 1.165) is 69.5 Å². The zero-order chi connectivity index (χ0) is 37.6. The van der Waals surface area contributed by atoms with E-state index in [-0.39, 0.29) is 51.8 Å². The summed E-state index contributed by atoms with van der Waals surface area (Å²) < 4.78 is 77.3. The van der Waals surface area contributed by atoms with E-state index in [9.17, 15) is 27.6 Å². The van der Waals surface area contributed by atoms with Gasteiger partial charge in [-0.1, -0.05) is 45.2 Å². The average Bonchev–Trinajstić information content (AvgIpc) is 3.11. The van der Waals surface area contributed by atoms with Crippen LogP contribution in [0.1, 0.15) is 68.3 Å². The van der Waals surface area contributed by atoms with Crippen LogP contribution in [0.4, 0.5) is 27.9 Å². The summed E-state index contributed by atoms with van der Waals surface area (Å²) in [5.41, 5.74) is -2.31. The van der Waals surface area contributed by atoms with Crippen molar-refractivity contribution in [2.45, 2.75) is 65.5 Å². The van der Waals surface area contributed by atoms with E-state index in [0.29, 0.717) is 24.1 Å². The lowest BCUT2D eigenvalue weighted by Gasteiger charge is -2.23. The Morgan fingerprint density at radius 2 is 1.67 bits per heavy atom. The molecule has 0 spiro atoms. The summed E-state index contributed by atoms with van der Waals surface area (Å²) >= 11 is 0. The Balaban J connectivity index is 1.73. The minimum Gasteiger partial charge on any atom is -0.418 e. The van der Waals surface area contributed by atoms with Gasteiger partial charge in [-0.25, -0.2) is 18.6 Å². The van der Waals surface area contributed by atoms with Gasteiger partial charge in [0.15, 0.2) is 11.4 Å². The Morgan fingerprint density at radius 1 is 0.981 bits per heavy atom. The molecule has 278 valence electrons. The van der Waals surface area contributed by atoms with Crippen LogP contribution in [0.25, 0.3) is 28.0 Å². The van der Waals surface area contributed by atoms with Crippen LogP contribution >= 0.6 is 0 Å². The van der Waals surface area contributed by atoms with Gasteiger partial charge in [-0.3, -0.25) is 14.2 Å². The molecule has 0 atom stereocenters. The first-order chi connectivity index (χ1) is 24.8. The number of ether oxygens (including phenoxy) is 1. The van der Waals surface area contributed by atoms with E-state index in [4.69, 9.17) is 4.74 Å². The Labute approximate surface area is 297 Å². The molecule has 4 aromatic rings. The normalized spacial score (nSPS) is 13.8. The summed E-state index contributed by atoms with van der Waals surface area (Å²) in [6, 6.07) is 8.05. The monoisotopic (exact) mass is 728 g/mol. The molecule has 0 saturated heterocycles. The van der Waals surface area contributed by atoms with E-state index in [1.807, 2.05) is 13.8 Å². The Hall–Kier alpha value is -4.92. The summed E-state index contributed by atoms with van der Waals surface area (Å²) in [5.74, 6) is -6.15. The number of nitrogens with one attached hydrogen (secondary N) is 2. The third kappa shape index (κ3) is 8.57. The predicted molar refractivity (Wildman–Crippen MR) is 187 cm³/mol. The maximum Gasteiger partial charge on any atom is 0.491 e. The Bertz CT molecular complexity index is 1970. The molecule has 1 fully saturated rings. The molecule has 1 aliphatic rings. The van der Waals surface area contributed by atoms with Crippen molar-refractivity contribution in [2.75, 3.05) is 38.0 Å². The van der Waals surface area contributed by atoms with Gasteiger partial charge in [-0.15, -0.1) is 0 Å². The number of benzene rings is 2. The van der Waals surface area contributed by atoms with Crippen LogP contribution in [0, 0.1) is 24.5 Å². The highest BCUT2D eigenvalue weighted by atomic mass is 19.4. The van der Waals surface area contributed by atoms with Gasteiger partial charge in [0, 0.05) is 30.1 Å². The van der Waals surface area contributed by atoms with E-state index in [2.05, 4.69) is 25.5 Å². The van der Waals surface area contributed by atoms with E-state index in [1.54, 1.807) is 0 Å².